The van der Waals surface area contributed by atoms with Crippen molar-refractivity contribution in [2.24, 2.45) is 0 Å². The number of aryl methyl sites for hydroxylation is 1. The topological polar surface area (TPSA) is 71.9 Å². The number of halogens is 1. The molecule has 0 bridgehead atoms. The van der Waals surface area contributed by atoms with Gasteiger partial charge in [0.1, 0.15) is 23.2 Å². The maximum Gasteiger partial charge on any atom is 0.142 e. The van der Waals surface area contributed by atoms with Crippen LogP contribution in [0.5, 0.6) is 5.75 Å². The number of aromatic nitrogens is 1. The molecule has 0 saturated heterocycles. The smallest absolute Gasteiger partial charge is 0.142 e. The Kier molecular flexibility index (Phi) is 4.73. The van der Waals surface area contributed by atoms with E-state index in [2.05, 4.69) is 27.0 Å². The van der Waals surface area contributed by atoms with Gasteiger partial charge in [-0.25, -0.2) is 4.98 Å². The minimum atomic E-state index is 0.243. The highest BCUT2D eigenvalue weighted by Gasteiger charge is 2.19. The monoisotopic (exact) mass is 393 g/mol. The molecule has 124 valence electrons. The Morgan fingerprint density at radius 1 is 1.08 bits per heavy atom. The van der Waals surface area contributed by atoms with Crippen molar-refractivity contribution < 1.29 is 4.74 Å². The third-order valence-corrected chi connectivity index (χ3v) is 4.50. The van der Waals surface area contributed by atoms with Crippen LogP contribution < -0.4 is 10.5 Å². The zero-order chi connectivity index (χ0) is 18.0. The molecule has 0 fully saturated rings. The summed E-state index contributed by atoms with van der Waals surface area (Å²) in [6, 6.07) is 17.7. The number of ether oxygens (including phenoxy) is 1. The summed E-state index contributed by atoms with van der Waals surface area (Å²) < 4.78 is 6.17. The first-order valence-corrected chi connectivity index (χ1v) is 8.45. The van der Waals surface area contributed by atoms with Crippen LogP contribution in [0.25, 0.3) is 22.3 Å². The van der Waals surface area contributed by atoms with E-state index in [4.69, 9.17) is 10.5 Å². The van der Waals surface area contributed by atoms with Crippen LogP contribution in [-0.2, 0) is 0 Å². The molecule has 25 heavy (non-hydrogen) atoms. The molecule has 0 aliphatic carbocycles. The largest absolute Gasteiger partial charge is 0.497 e. The molecule has 0 aliphatic rings. The lowest BCUT2D eigenvalue weighted by Gasteiger charge is -2.16. The van der Waals surface area contributed by atoms with Crippen molar-refractivity contribution in [2.45, 2.75) is 6.92 Å². The maximum atomic E-state index is 9.67. The molecule has 0 atom stereocenters. The van der Waals surface area contributed by atoms with Crippen molar-refractivity contribution in [1.29, 1.82) is 5.26 Å². The molecule has 0 saturated carbocycles. The van der Waals surface area contributed by atoms with Crippen molar-refractivity contribution in [2.75, 3.05) is 12.8 Å². The highest BCUT2D eigenvalue weighted by atomic mass is 79.9. The van der Waals surface area contributed by atoms with Gasteiger partial charge in [-0.2, -0.15) is 5.26 Å². The van der Waals surface area contributed by atoms with Gasteiger partial charge >= 0.3 is 0 Å². The molecule has 1 heterocycles. The van der Waals surface area contributed by atoms with Crippen LogP contribution in [0, 0.1) is 18.3 Å². The van der Waals surface area contributed by atoms with Crippen molar-refractivity contribution in [1.82, 2.24) is 4.98 Å². The number of methoxy groups -OCH3 is 1. The fourth-order valence-electron chi connectivity index (χ4n) is 2.88. The lowest BCUT2D eigenvalue weighted by Crippen LogP contribution is -2.03. The van der Waals surface area contributed by atoms with E-state index in [-0.39, 0.29) is 5.82 Å². The second-order valence-corrected chi connectivity index (χ2v) is 6.47. The zero-order valence-electron chi connectivity index (χ0n) is 13.9. The summed E-state index contributed by atoms with van der Waals surface area (Å²) in [4.78, 5) is 4.38. The van der Waals surface area contributed by atoms with Crippen LogP contribution in [0.4, 0.5) is 5.82 Å². The fourth-order valence-corrected chi connectivity index (χ4v) is 3.28. The van der Waals surface area contributed by atoms with E-state index in [1.54, 1.807) is 7.11 Å². The quantitative estimate of drug-likeness (QED) is 0.682. The summed E-state index contributed by atoms with van der Waals surface area (Å²) in [7, 11) is 1.63. The molecular formula is C20H16BrN3O. The number of hydrogen-bond acceptors (Lipinski definition) is 4. The third-order valence-electron chi connectivity index (χ3n) is 4.01. The first-order chi connectivity index (χ1) is 12.0. The van der Waals surface area contributed by atoms with Crippen molar-refractivity contribution in [3.63, 3.8) is 0 Å². The van der Waals surface area contributed by atoms with Crippen molar-refractivity contribution in [3.05, 3.63) is 64.3 Å². The molecule has 0 spiro atoms. The standard InChI is InChI=1S/C20H16BrN3O/c1-12-18(13-6-8-16(25-2)9-7-13)19(17(11-22)20(23)24-12)14-4-3-5-15(21)10-14/h3-10H,1-2H3,(H2,23,24). The summed E-state index contributed by atoms with van der Waals surface area (Å²) in [5, 5.41) is 9.67. The van der Waals surface area contributed by atoms with Crippen molar-refractivity contribution in [3.8, 4) is 34.1 Å². The molecule has 5 heteroatoms. The molecule has 2 aromatic carbocycles. The Balaban J connectivity index is 2.36. The predicted molar refractivity (Wildman–Crippen MR) is 103 cm³/mol. The minimum Gasteiger partial charge on any atom is -0.497 e. The van der Waals surface area contributed by atoms with Gasteiger partial charge in [0.15, 0.2) is 0 Å². The average Bonchev–Trinajstić information content (AvgIpc) is 2.61. The van der Waals surface area contributed by atoms with Gasteiger partial charge in [0.2, 0.25) is 0 Å². The Bertz CT molecular complexity index is 975. The molecule has 0 amide bonds. The molecule has 0 unspecified atom stereocenters. The van der Waals surface area contributed by atoms with E-state index in [1.165, 1.54) is 0 Å². The van der Waals surface area contributed by atoms with Gasteiger partial charge in [-0.15, -0.1) is 0 Å². The number of pyridine rings is 1. The van der Waals surface area contributed by atoms with Crippen molar-refractivity contribution >= 4 is 21.7 Å². The van der Waals surface area contributed by atoms with Gasteiger partial charge in [-0.1, -0.05) is 40.2 Å². The van der Waals surface area contributed by atoms with Crippen LogP contribution in [0.1, 0.15) is 11.3 Å². The summed E-state index contributed by atoms with van der Waals surface area (Å²) >= 11 is 3.50. The number of nitrogen functional groups attached to an aromatic ring is 1. The Hall–Kier alpha value is -2.84. The number of anilines is 1. The van der Waals surface area contributed by atoms with Gasteiger partial charge < -0.3 is 10.5 Å². The lowest BCUT2D eigenvalue weighted by molar-refractivity contribution is 0.415. The summed E-state index contributed by atoms with van der Waals surface area (Å²) in [5.74, 6) is 1.02. The second kappa shape index (κ2) is 6.96. The van der Waals surface area contributed by atoms with E-state index < -0.39 is 0 Å². The number of benzene rings is 2. The van der Waals surface area contributed by atoms with Gasteiger partial charge in [-0.3, -0.25) is 0 Å². The fraction of sp³-hybridized carbons (Fsp3) is 0.100. The number of nitrogens with zero attached hydrogens (tertiary/aromatic N) is 2. The average molecular weight is 394 g/mol. The van der Waals surface area contributed by atoms with E-state index >= 15 is 0 Å². The molecular weight excluding hydrogens is 378 g/mol. The molecule has 0 aliphatic heterocycles. The Morgan fingerprint density at radius 3 is 2.40 bits per heavy atom. The van der Waals surface area contributed by atoms with Crippen LogP contribution in [0.3, 0.4) is 0 Å². The van der Waals surface area contributed by atoms with Crippen LogP contribution in [-0.4, -0.2) is 12.1 Å². The molecule has 1 aromatic heterocycles. The molecule has 3 aromatic rings. The van der Waals surface area contributed by atoms with Crippen LogP contribution in [0.2, 0.25) is 0 Å². The second-order valence-electron chi connectivity index (χ2n) is 5.56. The van der Waals surface area contributed by atoms with E-state index in [1.807, 2.05) is 55.5 Å². The number of nitriles is 1. The maximum absolute atomic E-state index is 9.67. The highest BCUT2D eigenvalue weighted by molar-refractivity contribution is 9.10. The number of hydrogen-bond donors (Lipinski definition) is 1. The summed E-state index contributed by atoms with van der Waals surface area (Å²) in [5.41, 5.74) is 10.7. The van der Waals surface area contributed by atoms with Gasteiger partial charge in [0.25, 0.3) is 0 Å². The molecule has 3 rings (SSSR count). The predicted octanol–water partition coefficient (Wildman–Crippen LogP) is 4.95. The molecule has 4 nitrogen and oxygen atoms in total. The molecule has 0 radical (unpaired) electrons. The van der Waals surface area contributed by atoms with Crippen LogP contribution >= 0.6 is 15.9 Å². The Morgan fingerprint density at radius 2 is 1.80 bits per heavy atom. The van der Waals surface area contributed by atoms with E-state index in [9.17, 15) is 5.26 Å². The van der Waals surface area contributed by atoms with Gasteiger partial charge in [0, 0.05) is 21.3 Å². The normalized spacial score (nSPS) is 10.3. The lowest BCUT2D eigenvalue weighted by atomic mass is 9.90. The highest BCUT2D eigenvalue weighted by Crippen LogP contribution is 2.39. The summed E-state index contributed by atoms with van der Waals surface area (Å²) in [6.45, 7) is 1.90. The van der Waals surface area contributed by atoms with E-state index in [0.717, 1.165) is 38.2 Å². The first-order valence-electron chi connectivity index (χ1n) is 7.65. The van der Waals surface area contributed by atoms with Crippen LogP contribution in [0.15, 0.2) is 53.0 Å². The first kappa shape index (κ1) is 17.0. The Labute approximate surface area is 155 Å². The third kappa shape index (κ3) is 3.21. The number of nitrogens with two attached hydrogens (primary N) is 1. The minimum absolute atomic E-state index is 0.243. The number of rotatable bonds is 3. The molecule has 2 N–H and O–H groups in total. The van der Waals surface area contributed by atoms with Gasteiger partial charge in [-0.05, 0) is 42.3 Å². The van der Waals surface area contributed by atoms with Gasteiger partial charge in [0.05, 0.1) is 7.11 Å². The summed E-state index contributed by atoms with van der Waals surface area (Å²) in [6.07, 6.45) is 0. The van der Waals surface area contributed by atoms with E-state index in [0.29, 0.717) is 5.56 Å². The SMILES string of the molecule is COc1ccc(-c2c(C)nc(N)c(C#N)c2-c2cccc(Br)c2)cc1. The zero-order valence-corrected chi connectivity index (χ0v) is 15.5.